The SMILES string of the molecule is O=C(NO)C1CCN(CC2CCCC2)CC1. The molecule has 2 N–H and O–H groups in total. The third-order valence-corrected chi connectivity index (χ3v) is 4.06. The van der Waals surface area contributed by atoms with Gasteiger partial charge in [-0.05, 0) is 44.7 Å². The Morgan fingerprint density at radius 3 is 2.38 bits per heavy atom. The molecule has 1 saturated heterocycles. The topological polar surface area (TPSA) is 52.6 Å². The second-order valence-electron chi connectivity index (χ2n) is 5.20. The van der Waals surface area contributed by atoms with Crippen LogP contribution in [0.15, 0.2) is 0 Å². The molecule has 4 heteroatoms. The zero-order chi connectivity index (χ0) is 11.4. The molecular weight excluding hydrogens is 204 g/mol. The fourth-order valence-electron chi connectivity index (χ4n) is 3.03. The summed E-state index contributed by atoms with van der Waals surface area (Å²) in [5, 5.41) is 8.57. The fourth-order valence-corrected chi connectivity index (χ4v) is 3.03. The number of piperidine rings is 1. The fraction of sp³-hybridized carbons (Fsp3) is 0.917. The first-order valence-electron chi connectivity index (χ1n) is 6.46. The predicted molar refractivity (Wildman–Crippen MR) is 61.1 cm³/mol. The number of likely N-dealkylation sites (tertiary alicyclic amines) is 1. The molecule has 0 aromatic heterocycles. The van der Waals surface area contributed by atoms with Gasteiger partial charge in [0.1, 0.15) is 0 Å². The molecule has 16 heavy (non-hydrogen) atoms. The van der Waals surface area contributed by atoms with E-state index in [1.807, 2.05) is 0 Å². The molecule has 2 rings (SSSR count). The van der Waals surface area contributed by atoms with E-state index in [0.29, 0.717) is 0 Å². The minimum atomic E-state index is -0.208. The van der Waals surface area contributed by atoms with Crippen LogP contribution in [-0.2, 0) is 4.79 Å². The highest BCUT2D eigenvalue weighted by atomic mass is 16.5. The Bertz CT molecular complexity index is 231. The van der Waals surface area contributed by atoms with E-state index in [9.17, 15) is 4.79 Å². The number of amides is 1. The third-order valence-electron chi connectivity index (χ3n) is 4.06. The molecule has 0 unspecified atom stereocenters. The Balaban J connectivity index is 1.70. The van der Waals surface area contributed by atoms with Crippen LogP contribution in [0.25, 0.3) is 0 Å². The summed E-state index contributed by atoms with van der Waals surface area (Å²) >= 11 is 0. The van der Waals surface area contributed by atoms with Gasteiger partial charge in [-0.15, -0.1) is 0 Å². The maximum Gasteiger partial charge on any atom is 0.246 e. The van der Waals surface area contributed by atoms with Gasteiger partial charge in [-0.25, -0.2) is 5.48 Å². The van der Waals surface area contributed by atoms with Crippen LogP contribution in [0.1, 0.15) is 38.5 Å². The van der Waals surface area contributed by atoms with Crippen molar-refractivity contribution in [2.45, 2.75) is 38.5 Å². The van der Waals surface area contributed by atoms with Crippen LogP contribution in [-0.4, -0.2) is 35.6 Å². The highest BCUT2D eigenvalue weighted by Crippen LogP contribution is 2.27. The van der Waals surface area contributed by atoms with Gasteiger partial charge in [-0.2, -0.15) is 0 Å². The van der Waals surface area contributed by atoms with E-state index >= 15 is 0 Å². The largest absolute Gasteiger partial charge is 0.303 e. The van der Waals surface area contributed by atoms with E-state index in [1.165, 1.54) is 32.2 Å². The van der Waals surface area contributed by atoms with Gasteiger partial charge in [0.2, 0.25) is 5.91 Å². The standard InChI is InChI=1S/C12H22N2O2/c15-12(13-16)11-5-7-14(8-6-11)9-10-3-1-2-4-10/h10-11,16H,1-9H2,(H,13,15). The summed E-state index contributed by atoms with van der Waals surface area (Å²) in [4.78, 5) is 13.7. The number of hydroxylamine groups is 1. The lowest BCUT2D eigenvalue weighted by Crippen LogP contribution is -2.41. The smallest absolute Gasteiger partial charge is 0.246 e. The number of nitrogens with zero attached hydrogens (tertiary/aromatic N) is 1. The van der Waals surface area contributed by atoms with Gasteiger partial charge in [0.25, 0.3) is 0 Å². The van der Waals surface area contributed by atoms with Crippen LogP contribution < -0.4 is 5.48 Å². The maximum absolute atomic E-state index is 11.2. The quantitative estimate of drug-likeness (QED) is 0.565. The summed E-state index contributed by atoms with van der Waals surface area (Å²) in [5.74, 6) is 0.702. The van der Waals surface area contributed by atoms with Crippen molar-refractivity contribution < 1.29 is 10.0 Å². The minimum absolute atomic E-state index is 0.0184. The summed E-state index contributed by atoms with van der Waals surface area (Å²) in [7, 11) is 0. The monoisotopic (exact) mass is 226 g/mol. The van der Waals surface area contributed by atoms with Crippen LogP contribution in [0.2, 0.25) is 0 Å². The molecule has 92 valence electrons. The molecule has 0 aromatic carbocycles. The van der Waals surface area contributed by atoms with Gasteiger partial charge in [-0.1, -0.05) is 12.8 Å². The molecule has 0 atom stereocenters. The van der Waals surface area contributed by atoms with Crippen molar-refractivity contribution in [3.8, 4) is 0 Å². The molecule has 0 bridgehead atoms. The lowest BCUT2D eigenvalue weighted by molar-refractivity contribution is -0.134. The van der Waals surface area contributed by atoms with Gasteiger partial charge in [0, 0.05) is 12.5 Å². The summed E-state index contributed by atoms with van der Waals surface area (Å²) in [6, 6.07) is 0. The number of hydrogen-bond donors (Lipinski definition) is 2. The van der Waals surface area contributed by atoms with Crippen LogP contribution in [0.5, 0.6) is 0 Å². The summed E-state index contributed by atoms with van der Waals surface area (Å²) in [6.45, 7) is 3.23. The molecule has 1 amide bonds. The number of nitrogens with one attached hydrogen (secondary N) is 1. The molecule has 4 nitrogen and oxygen atoms in total. The Kier molecular flexibility index (Phi) is 4.18. The van der Waals surface area contributed by atoms with Crippen LogP contribution in [0.4, 0.5) is 0 Å². The van der Waals surface area contributed by atoms with Crippen LogP contribution in [0, 0.1) is 11.8 Å². The van der Waals surface area contributed by atoms with Crippen molar-refractivity contribution in [1.29, 1.82) is 0 Å². The van der Waals surface area contributed by atoms with E-state index in [2.05, 4.69) is 4.90 Å². The van der Waals surface area contributed by atoms with Crippen molar-refractivity contribution in [2.75, 3.05) is 19.6 Å². The average Bonchev–Trinajstić information content (AvgIpc) is 2.82. The Hall–Kier alpha value is -0.610. The molecule has 0 radical (unpaired) electrons. The van der Waals surface area contributed by atoms with Gasteiger partial charge in [0.15, 0.2) is 0 Å². The number of hydrogen-bond acceptors (Lipinski definition) is 3. The average molecular weight is 226 g/mol. The Morgan fingerprint density at radius 2 is 1.81 bits per heavy atom. The summed E-state index contributed by atoms with van der Waals surface area (Å²) in [5.41, 5.74) is 1.77. The molecular formula is C12H22N2O2. The zero-order valence-electron chi connectivity index (χ0n) is 9.82. The highest BCUT2D eigenvalue weighted by molar-refractivity contribution is 5.77. The van der Waals surface area contributed by atoms with E-state index < -0.39 is 0 Å². The van der Waals surface area contributed by atoms with E-state index in [4.69, 9.17) is 5.21 Å². The van der Waals surface area contributed by atoms with Gasteiger partial charge in [-0.3, -0.25) is 10.0 Å². The molecule has 2 fully saturated rings. The summed E-state index contributed by atoms with van der Waals surface area (Å²) < 4.78 is 0. The molecule has 0 aromatic rings. The Labute approximate surface area is 97.0 Å². The molecule has 1 aliphatic carbocycles. The molecule has 2 aliphatic rings. The predicted octanol–water partition coefficient (Wildman–Crippen LogP) is 1.39. The lowest BCUT2D eigenvalue weighted by atomic mass is 9.95. The number of rotatable bonds is 3. The maximum atomic E-state index is 11.2. The Morgan fingerprint density at radius 1 is 1.19 bits per heavy atom. The zero-order valence-corrected chi connectivity index (χ0v) is 9.82. The van der Waals surface area contributed by atoms with Crippen molar-refractivity contribution >= 4 is 5.91 Å². The van der Waals surface area contributed by atoms with Crippen LogP contribution in [0.3, 0.4) is 0 Å². The summed E-state index contributed by atoms with van der Waals surface area (Å²) in [6.07, 6.45) is 7.34. The normalized spacial score (nSPS) is 24.8. The first kappa shape index (κ1) is 11.9. The van der Waals surface area contributed by atoms with Crippen LogP contribution >= 0.6 is 0 Å². The van der Waals surface area contributed by atoms with Gasteiger partial charge < -0.3 is 4.90 Å². The number of carbonyl (C=O) groups excluding carboxylic acids is 1. The van der Waals surface area contributed by atoms with Crippen molar-refractivity contribution in [3.63, 3.8) is 0 Å². The van der Waals surface area contributed by atoms with Gasteiger partial charge >= 0.3 is 0 Å². The highest BCUT2D eigenvalue weighted by Gasteiger charge is 2.26. The van der Waals surface area contributed by atoms with E-state index in [1.54, 1.807) is 5.48 Å². The second-order valence-corrected chi connectivity index (χ2v) is 5.20. The first-order valence-corrected chi connectivity index (χ1v) is 6.46. The first-order chi connectivity index (χ1) is 7.79. The van der Waals surface area contributed by atoms with E-state index in [-0.39, 0.29) is 11.8 Å². The number of carbonyl (C=O) groups is 1. The second kappa shape index (κ2) is 5.64. The van der Waals surface area contributed by atoms with Crippen molar-refractivity contribution in [1.82, 2.24) is 10.4 Å². The van der Waals surface area contributed by atoms with Crippen molar-refractivity contribution in [2.24, 2.45) is 11.8 Å². The third kappa shape index (κ3) is 2.95. The van der Waals surface area contributed by atoms with Gasteiger partial charge in [0.05, 0.1) is 0 Å². The lowest BCUT2D eigenvalue weighted by Gasteiger charge is -2.32. The van der Waals surface area contributed by atoms with Crippen molar-refractivity contribution in [3.05, 3.63) is 0 Å². The molecule has 1 saturated carbocycles. The molecule has 0 spiro atoms. The molecule has 1 aliphatic heterocycles. The van der Waals surface area contributed by atoms with E-state index in [0.717, 1.165) is 31.8 Å². The molecule has 1 heterocycles. The minimum Gasteiger partial charge on any atom is -0.303 e.